The molecule has 1 heterocycles. The largest absolute Gasteiger partial charge is 0.323 e. The van der Waals surface area contributed by atoms with E-state index in [9.17, 15) is 0 Å². The van der Waals surface area contributed by atoms with Crippen LogP contribution in [0.2, 0.25) is 5.02 Å². The molecule has 2 rings (SSSR count). The molecule has 1 aromatic heterocycles. The number of aromatic nitrogens is 3. The molecule has 2 N–H and O–H groups in total. The summed E-state index contributed by atoms with van der Waals surface area (Å²) in [4.78, 5) is 0. The second-order valence-corrected chi connectivity index (χ2v) is 4.74. The Morgan fingerprint density at radius 2 is 2.25 bits per heavy atom. The molecule has 0 radical (unpaired) electrons. The monoisotopic (exact) mass is 300 g/mol. The molecule has 0 aliphatic rings. The zero-order valence-electron chi connectivity index (χ0n) is 8.56. The Kier molecular flexibility index (Phi) is 3.28. The third kappa shape index (κ3) is 2.26. The number of benzene rings is 1. The molecule has 0 aliphatic heterocycles. The van der Waals surface area contributed by atoms with Gasteiger partial charge in [-0.25, -0.2) is 4.68 Å². The van der Waals surface area contributed by atoms with Gasteiger partial charge in [0.25, 0.3) is 0 Å². The van der Waals surface area contributed by atoms with E-state index >= 15 is 0 Å². The van der Waals surface area contributed by atoms with Crippen molar-refractivity contribution < 1.29 is 0 Å². The van der Waals surface area contributed by atoms with Gasteiger partial charge in [-0.15, -0.1) is 5.10 Å². The molecule has 1 aromatic carbocycles. The van der Waals surface area contributed by atoms with Crippen molar-refractivity contribution in [3.8, 4) is 5.69 Å². The summed E-state index contributed by atoms with van der Waals surface area (Å²) in [6.45, 7) is 1.87. The summed E-state index contributed by atoms with van der Waals surface area (Å²) in [6, 6.07) is 5.42. The van der Waals surface area contributed by atoms with Gasteiger partial charge in [-0.3, -0.25) is 0 Å². The molecule has 84 valence electrons. The average molecular weight is 302 g/mol. The van der Waals surface area contributed by atoms with Crippen molar-refractivity contribution in [1.29, 1.82) is 0 Å². The Morgan fingerprint density at radius 1 is 1.50 bits per heavy atom. The fourth-order valence-corrected chi connectivity index (χ4v) is 1.72. The number of nitrogens with two attached hydrogens (primary N) is 1. The van der Waals surface area contributed by atoms with Crippen molar-refractivity contribution >= 4 is 27.5 Å². The van der Waals surface area contributed by atoms with Crippen molar-refractivity contribution in [2.45, 2.75) is 13.0 Å². The van der Waals surface area contributed by atoms with Gasteiger partial charge < -0.3 is 5.73 Å². The highest BCUT2D eigenvalue weighted by atomic mass is 79.9. The standard InChI is InChI=1S/C10H10BrClN4/c1-6(13)10-5-16(15-14-10)7-2-3-9(12)8(11)4-7/h2-6H,13H2,1H3. The fourth-order valence-electron chi connectivity index (χ4n) is 1.24. The van der Waals surface area contributed by atoms with E-state index in [1.165, 1.54) is 0 Å². The Bertz CT molecular complexity index is 509. The normalized spacial score (nSPS) is 12.8. The van der Waals surface area contributed by atoms with Crippen LogP contribution in [0, 0.1) is 0 Å². The SMILES string of the molecule is CC(N)c1cn(-c2ccc(Cl)c(Br)c2)nn1. The summed E-state index contributed by atoms with van der Waals surface area (Å²) in [5.74, 6) is 0. The molecular weight excluding hydrogens is 291 g/mol. The van der Waals surface area contributed by atoms with Gasteiger partial charge >= 0.3 is 0 Å². The van der Waals surface area contributed by atoms with E-state index in [0.29, 0.717) is 5.02 Å². The topological polar surface area (TPSA) is 56.7 Å². The van der Waals surface area contributed by atoms with E-state index in [-0.39, 0.29) is 6.04 Å². The fraction of sp³-hybridized carbons (Fsp3) is 0.200. The summed E-state index contributed by atoms with van der Waals surface area (Å²) >= 11 is 9.27. The number of halogens is 2. The van der Waals surface area contributed by atoms with Crippen molar-refractivity contribution in [3.05, 3.63) is 39.6 Å². The van der Waals surface area contributed by atoms with E-state index in [0.717, 1.165) is 15.9 Å². The molecule has 0 aliphatic carbocycles. The first kappa shape index (κ1) is 11.6. The second kappa shape index (κ2) is 4.53. The van der Waals surface area contributed by atoms with Crippen LogP contribution in [0.15, 0.2) is 28.9 Å². The first-order valence-electron chi connectivity index (χ1n) is 4.71. The molecule has 0 amide bonds. The smallest absolute Gasteiger partial charge is 0.0995 e. The number of rotatable bonds is 2. The lowest BCUT2D eigenvalue weighted by Crippen LogP contribution is -2.04. The van der Waals surface area contributed by atoms with Crippen molar-refractivity contribution in [2.75, 3.05) is 0 Å². The molecule has 0 spiro atoms. The van der Waals surface area contributed by atoms with Gasteiger partial charge in [0.05, 0.1) is 22.6 Å². The highest BCUT2D eigenvalue weighted by molar-refractivity contribution is 9.10. The van der Waals surface area contributed by atoms with E-state index in [2.05, 4.69) is 26.2 Å². The predicted molar refractivity (Wildman–Crippen MR) is 66.7 cm³/mol. The van der Waals surface area contributed by atoms with Gasteiger partial charge in [-0.1, -0.05) is 16.8 Å². The lowest BCUT2D eigenvalue weighted by atomic mass is 10.3. The predicted octanol–water partition coefficient (Wildman–Crippen LogP) is 2.70. The number of hydrogen-bond donors (Lipinski definition) is 1. The third-order valence-corrected chi connectivity index (χ3v) is 3.36. The van der Waals surface area contributed by atoms with E-state index in [1.807, 2.05) is 19.1 Å². The average Bonchev–Trinajstić information content (AvgIpc) is 2.71. The minimum absolute atomic E-state index is 0.121. The lowest BCUT2D eigenvalue weighted by molar-refractivity contribution is 0.756. The molecule has 2 aromatic rings. The van der Waals surface area contributed by atoms with E-state index in [1.54, 1.807) is 16.9 Å². The number of hydrogen-bond acceptors (Lipinski definition) is 3. The Hall–Kier alpha value is -0.910. The Morgan fingerprint density at radius 3 is 2.81 bits per heavy atom. The summed E-state index contributed by atoms with van der Waals surface area (Å²) in [7, 11) is 0. The Labute approximate surface area is 107 Å². The second-order valence-electron chi connectivity index (χ2n) is 3.48. The van der Waals surface area contributed by atoms with Gasteiger partial charge in [0.1, 0.15) is 0 Å². The van der Waals surface area contributed by atoms with Crippen LogP contribution in [-0.2, 0) is 0 Å². The minimum atomic E-state index is -0.121. The molecule has 0 saturated heterocycles. The lowest BCUT2D eigenvalue weighted by Gasteiger charge is -2.02. The van der Waals surface area contributed by atoms with E-state index < -0.39 is 0 Å². The van der Waals surface area contributed by atoms with Crippen molar-refractivity contribution in [2.24, 2.45) is 5.73 Å². The van der Waals surface area contributed by atoms with Gasteiger partial charge in [0.2, 0.25) is 0 Å². The van der Waals surface area contributed by atoms with E-state index in [4.69, 9.17) is 17.3 Å². The van der Waals surface area contributed by atoms with Gasteiger partial charge in [-0.2, -0.15) is 0 Å². The molecule has 0 fully saturated rings. The maximum absolute atomic E-state index is 5.91. The van der Waals surface area contributed by atoms with Crippen LogP contribution in [0.3, 0.4) is 0 Å². The molecule has 16 heavy (non-hydrogen) atoms. The zero-order chi connectivity index (χ0) is 11.7. The maximum atomic E-state index is 5.91. The number of nitrogens with zero attached hydrogens (tertiary/aromatic N) is 3. The first-order chi connectivity index (χ1) is 7.58. The molecular formula is C10H10BrClN4. The van der Waals surface area contributed by atoms with Crippen LogP contribution in [0.5, 0.6) is 0 Å². The van der Waals surface area contributed by atoms with Gasteiger partial charge in [0, 0.05) is 10.5 Å². The first-order valence-corrected chi connectivity index (χ1v) is 5.88. The quantitative estimate of drug-likeness (QED) is 0.928. The molecule has 1 unspecified atom stereocenters. The summed E-state index contributed by atoms with van der Waals surface area (Å²) in [5, 5.41) is 8.65. The third-order valence-electron chi connectivity index (χ3n) is 2.15. The molecule has 1 atom stereocenters. The maximum Gasteiger partial charge on any atom is 0.0995 e. The minimum Gasteiger partial charge on any atom is -0.323 e. The summed E-state index contributed by atoms with van der Waals surface area (Å²) in [5.41, 5.74) is 7.35. The zero-order valence-corrected chi connectivity index (χ0v) is 10.9. The van der Waals surface area contributed by atoms with Crippen LogP contribution in [0.1, 0.15) is 18.7 Å². The van der Waals surface area contributed by atoms with Crippen LogP contribution in [0.4, 0.5) is 0 Å². The molecule has 0 bridgehead atoms. The van der Waals surface area contributed by atoms with Crippen LogP contribution >= 0.6 is 27.5 Å². The van der Waals surface area contributed by atoms with Crippen molar-refractivity contribution in [3.63, 3.8) is 0 Å². The highest BCUT2D eigenvalue weighted by Crippen LogP contribution is 2.24. The molecule has 6 heteroatoms. The van der Waals surface area contributed by atoms with Crippen LogP contribution in [-0.4, -0.2) is 15.0 Å². The van der Waals surface area contributed by atoms with Gasteiger partial charge in [-0.05, 0) is 41.1 Å². The van der Waals surface area contributed by atoms with Crippen LogP contribution in [0.25, 0.3) is 5.69 Å². The summed E-state index contributed by atoms with van der Waals surface area (Å²) < 4.78 is 2.49. The van der Waals surface area contributed by atoms with Crippen LogP contribution < -0.4 is 5.73 Å². The van der Waals surface area contributed by atoms with Crippen molar-refractivity contribution in [1.82, 2.24) is 15.0 Å². The molecule has 4 nitrogen and oxygen atoms in total. The highest BCUT2D eigenvalue weighted by Gasteiger charge is 2.07. The Balaban J connectivity index is 2.39. The summed E-state index contributed by atoms with van der Waals surface area (Å²) in [6.07, 6.45) is 1.81. The van der Waals surface area contributed by atoms with Gasteiger partial charge in [0.15, 0.2) is 0 Å². The molecule has 0 saturated carbocycles.